The molecule has 0 spiro atoms. The highest BCUT2D eigenvalue weighted by Gasteiger charge is 2.40. The van der Waals surface area contributed by atoms with E-state index >= 15 is 0 Å². The molecule has 1 fully saturated rings. The van der Waals surface area contributed by atoms with Gasteiger partial charge in [-0.25, -0.2) is 4.39 Å². The normalized spacial score (nSPS) is 22.7. The number of hydrogen-bond donors (Lipinski definition) is 1. The lowest BCUT2D eigenvalue weighted by atomic mass is 9.84. The molecule has 1 aromatic carbocycles. The molecule has 1 saturated heterocycles. The number of rotatable bonds is 3. The van der Waals surface area contributed by atoms with Crippen molar-refractivity contribution in [3.63, 3.8) is 0 Å². The van der Waals surface area contributed by atoms with Crippen LogP contribution in [-0.2, 0) is 15.7 Å². The van der Waals surface area contributed by atoms with Crippen molar-refractivity contribution < 1.29 is 13.7 Å². The van der Waals surface area contributed by atoms with Crippen LogP contribution in [0.1, 0.15) is 37.5 Å². The predicted octanol–water partition coefficient (Wildman–Crippen LogP) is 2.11. The van der Waals surface area contributed by atoms with Crippen LogP contribution in [-0.4, -0.2) is 23.4 Å². The summed E-state index contributed by atoms with van der Waals surface area (Å²) < 4.78 is 23.7. The third kappa shape index (κ3) is 2.45. The Morgan fingerprint density at radius 2 is 2.00 bits per heavy atom. The summed E-state index contributed by atoms with van der Waals surface area (Å²) in [4.78, 5) is 4.46. The van der Waals surface area contributed by atoms with Gasteiger partial charge in [-0.15, -0.1) is 0 Å². The number of benzene rings is 1. The van der Waals surface area contributed by atoms with E-state index in [4.69, 9.17) is 15.0 Å². The highest BCUT2D eigenvalue weighted by atomic mass is 19.1. The Morgan fingerprint density at radius 3 is 2.62 bits per heavy atom. The van der Waals surface area contributed by atoms with Gasteiger partial charge in [0.05, 0.1) is 12.0 Å². The summed E-state index contributed by atoms with van der Waals surface area (Å²) in [5.74, 6) is 0.651. The number of aromatic nitrogens is 2. The second kappa shape index (κ2) is 4.89. The molecule has 5 nitrogen and oxygen atoms in total. The summed E-state index contributed by atoms with van der Waals surface area (Å²) in [5.41, 5.74) is 5.93. The monoisotopic (exact) mass is 291 g/mol. The Bertz CT molecular complexity index is 631. The fourth-order valence-electron chi connectivity index (χ4n) is 2.42. The predicted molar refractivity (Wildman–Crippen MR) is 74.1 cm³/mol. The van der Waals surface area contributed by atoms with E-state index in [1.54, 1.807) is 12.1 Å². The average molecular weight is 291 g/mol. The lowest BCUT2D eigenvalue weighted by Crippen LogP contribution is -2.37. The third-order valence-corrected chi connectivity index (χ3v) is 4.03. The lowest BCUT2D eigenvalue weighted by molar-refractivity contribution is 0.166. The second-order valence-electron chi connectivity index (χ2n) is 6.01. The van der Waals surface area contributed by atoms with Gasteiger partial charge in [-0.05, 0) is 38.0 Å². The van der Waals surface area contributed by atoms with Crippen molar-refractivity contribution in [2.24, 2.45) is 5.73 Å². The van der Waals surface area contributed by atoms with Crippen LogP contribution in [0, 0.1) is 5.82 Å². The van der Waals surface area contributed by atoms with Crippen LogP contribution >= 0.6 is 0 Å². The zero-order chi connectivity index (χ0) is 15.1. The van der Waals surface area contributed by atoms with Crippen LogP contribution in [0.3, 0.4) is 0 Å². The van der Waals surface area contributed by atoms with Crippen LogP contribution < -0.4 is 5.73 Å². The first kappa shape index (κ1) is 14.2. The molecule has 2 heterocycles. The smallest absolute Gasteiger partial charge is 0.249 e. The second-order valence-corrected chi connectivity index (χ2v) is 6.01. The summed E-state index contributed by atoms with van der Waals surface area (Å²) in [6.45, 7) is 4.90. The molecule has 0 aliphatic carbocycles. The highest BCUT2D eigenvalue weighted by Crippen LogP contribution is 2.32. The molecule has 0 saturated carbocycles. The van der Waals surface area contributed by atoms with Gasteiger partial charge in [0.25, 0.3) is 0 Å². The average Bonchev–Trinajstić information content (AvgIpc) is 3.09. The van der Waals surface area contributed by atoms with Crippen LogP contribution in [0.2, 0.25) is 0 Å². The van der Waals surface area contributed by atoms with E-state index in [1.165, 1.54) is 12.1 Å². The molecule has 1 aliphatic rings. The SMILES string of the molecule is CC(C)(c1ccc(F)cc1)c1noc(C2(N)CCOC2)n1. The van der Waals surface area contributed by atoms with Crippen molar-refractivity contribution in [1.82, 2.24) is 10.1 Å². The Kier molecular flexibility index (Phi) is 3.30. The summed E-state index contributed by atoms with van der Waals surface area (Å²) in [7, 11) is 0. The van der Waals surface area contributed by atoms with E-state index in [2.05, 4.69) is 10.1 Å². The van der Waals surface area contributed by atoms with Gasteiger partial charge in [-0.1, -0.05) is 17.3 Å². The Morgan fingerprint density at radius 1 is 1.29 bits per heavy atom. The van der Waals surface area contributed by atoms with Crippen LogP contribution in [0.15, 0.2) is 28.8 Å². The van der Waals surface area contributed by atoms with E-state index in [0.29, 0.717) is 31.3 Å². The minimum atomic E-state index is -0.704. The Hall–Kier alpha value is -1.79. The van der Waals surface area contributed by atoms with Crippen LogP contribution in [0.5, 0.6) is 0 Å². The largest absolute Gasteiger partial charge is 0.379 e. The van der Waals surface area contributed by atoms with E-state index in [9.17, 15) is 4.39 Å². The zero-order valence-electron chi connectivity index (χ0n) is 12.1. The van der Waals surface area contributed by atoms with Gasteiger partial charge >= 0.3 is 0 Å². The maximum atomic E-state index is 13.1. The van der Waals surface area contributed by atoms with Crippen molar-refractivity contribution >= 4 is 0 Å². The fourth-order valence-corrected chi connectivity index (χ4v) is 2.42. The quantitative estimate of drug-likeness (QED) is 0.937. The van der Waals surface area contributed by atoms with Gasteiger partial charge in [-0.3, -0.25) is 0 Å². The van der Waals surface area contributed by atoms with Gasteiger partial charge in [-0.2, -0.15) is 4.98 Å². The minimum Gasteiger partial charge on any atom is -0.379 e. The topological polar surface area (TPSA) is 74.2 Å². The van der Waals surface area contributed by atoms with Gasteiger partial charge in [0.2, 0.25) is 5.89 Å². The molecule has 0 amide bonds. The van der Waals surface area contributed by atoms with Crippen LogP contribution in [0.25, 0.3) is 0 Å². The molecule has 3 rings (SSSR count). The molecule has 0 bridgehead atoms. The fraction of sp³-hybridized carbons (Fsp3) is 0.467. The summed E-state index contributed by atoms with van der Waals surface area (Å²) in [6, 6.07) is 6.30. The van der Waals surface area contributed by atoms with E-state index in [-0.39, 0.29) is 5.82 Å². The lowest BCUT2D eigenvalue weighted by Gasteiger charge is -2.21. The molecule has 1 atom stereocenters. The van der Waals surface area contributed by atoms with E-state index in [1.807, 2.05) is 13.8 Å². The zero-order valence-corrected chi connectivity index (χ0v) is 12.1. The molecule has 2 aromatic rings. The van der Waals surface area contributed by atoms with Gasteiger partial charge in [0.1, 0.15) is 11.4 Å². The molecule has 0 radical (unpaired) electrons. The van der Waals surface area contributed by atoms with Crippen molar-refractivity contribution in [3.05, 3.63) is 47.4 Å². The summed E-state index contributed by atoms with van der Waals surface area (Å²) in [5, 5.41) is 4.06. The molecule has 21 heavy (non-hydrogen) atoms. The van der Waals surface area contributed by atoms with Crippen molar-refractivity contribution in [2.45, 2.75) is 31.2 Å². The van der Waals surface area contributed by atoms with Gasteiger partial charge < -0.3 is 15.0 Å². The first-order valence-electron chi connectivity index (χ1n) is 6.89. The van der Waals surface area contributed by atoms with Crippen LogP contribution in [0.4, 0.5) is 4.39 Å². The Labute approximate surface area is 122 Å². The molecule has 2 N–H and O–H groups in total. The summed E-state index contributed by atoms with van der Waals surface area (Å²) >= 11 is 0. The third-order valence-electron chi connectivity index (χ3n) is 4.03. The standard InChI is InChI=1S/C15H18FN3O2/c1-14(2,10-3-5-11(16)6-4-10)12-18-13(21-19-12)15(17)7-8-20-9-15/h3-6H,7-9,17H2,1-2H3. The maximum absolute atomic E-state index is 13.1. The molecular formula is C15H18FN3O2. The maximum Gasteiger partial charge on any atom is 0.249 e. The van der Waals surface area contributed by atoms with Gasteiger partial charge in [0, 0.05) is 6.61 Å². The van der Waals surface area contributed by atoms with Crippen molar-refractivity contribution in [2.75, 3.05) is 13.2 Å². The van der Waals surface area contributed by atoms with E-state index in [0.717, 1.165) is 5.56 Å². The number of hydrogen-bond acceptors (Lipinski definition) is 5. The molecule has 112 valence electrons. The van der Waals surface area contributed by atoms with E-state index < -0.39 is 11.0 Å². The van der Waals surface area contributed by atoms with Crippen molar-refractivity contribution in [1.29, 1.82) is 0 Å². The molecule has 1 aliphatic heterocycles. The number of halogens is 1. The number of nitrogens with zero attached hydrogens (tertiary/aromatic N) is 2. The summed E-state index contributed by atoms with van der Waals surface area (Å²) in [6.07, 6.45) is 0.658. The molecular weight excluding hydrogens is 273 g/mol. The molecule has 1 unspecified atom stereocenters. The minimum absolute atomic E-state index is 0.271. The molecule has 1 aromatic heterocycles. The number of ether oxygens (including phenoxy) is 1. The first-order chi connectivity index (χ1) is 9.92. The van der Waals surface area contributed by atoms with Gasteiger partial charge in [0.15, 0.2) is 5.82 Å². The number of nitrogens with two attached hydrogens (primary N) is 1. The van der Waals surface area contributed by atoms with Crippen molar-refractivity contribution in [3.8, 4) is 0 Å². The highest BCUT2D eigenvalue weighted by molar-refractivity contribution is 5.30. The Balaban J connectivity index is 1.93. The molecule has 6 heteroatoms. The first-order valence-corrected chi connectivity index (χ1v) is 6.89.